The standard InChI is InChI=1S/C21H22N4O3/c1-15-20(23-25(22-15)18-12-8-5-9-13-18)21(27)28-14-19(26)24(3)16(2)17-10-6-4-7-11-17/h4-13,16H,14H2,1-3H3. The predicted molar refractivity (Wildman–Crippen MR) is 104 cm³/mol. The van der Waals surface area contributed by atoms with E-state index in [4.69, 9.17) is 4.74 Å². The maximum atomic E-state index is 12.4. The van der Waals surface area contributed by atoms with E-state index in [1.165, 1.54) is 4.80 Å². The molecule has 0 aliphatic heterocycles. The van der Waals surface area contributed by atoms with E-state index in [1.807, 2.05) is 67.6 Å². The van der Waals surface area contributed by atoms with Crippen LogP contribution in [0.4, 0.5) is 0 Å². The molecule has 0 N–H and O–H groups in total. The Labute approximate surface area is 163 Å². The van der Waals surface area contributed by atoms with Crippen LogP contribution in [0.3, 0.4) is 0 Å². The molecule has 1 unspecified atom stereocenters. The number of carbonyl (C=O) groups is 2. The van der Waals surface area contributed by atoms with Gasteiger partial charge < -0.3 is 9.64 Å². The third-order valence-electron chi connectivity index (χ3n) is 4.55. The molecule has 2 aromatic carbocycles. The number of carbonyl (C=O) groups excluding carboxylic acids is 2. The molecular weight excluding hydrogens is 356 g/mol. The van der Waals surface area contributed by atoms with Crippen LogP contribution in [-0.4, -0.2) is 45.4 Å². The van der Waals surface area contributed by atoms with Gasteiger partial charge in [-0.3, -0.25) is 4.79 Å². The highest BCUT2D eigenvalue weighted by Gasteiger charge is 2.22. The number of hydrogen-bond acceptors (Lipinski definition) is 5. The van der Waals surface area contributed by atoms with Crippen LogP contribution >= 0.6 is 0 Å². The normalized spacial score (nSPS) is 11.7. The lowest BCUT2D eigenvalue weighted by Crippen LogP contribution is -2.33. The molecular formula is C21H22N4O3. The summed E-state index contributed by atoms with van der Waals surface area (Å²) in [6, 6.07) is 18.8. The van der Waals surface area contributed by atoms with Gasteiger partial charge >= 0.3 is 5.97 Å². The van der Waals surface area contributed by atoms with E-state index >= 15 is 0 Å². The monoisotopic (exact) mass is 378 g/mol. The number of esters is 1. The quantitative estimate of drug-likeness (QED) is 0.616. The number of aromatic nitrogens is 3. The first-order valence-corrected chi connectivity index (χ1v) is 8.94. The Morgan fingerprint density at radius 1 is 1.04 bits per heavy atom. The third kappa shape index (κ3) is 4.25. The van der Waals surface area contributed by atoms with Gasteiger partial charge in [0.2, 0.25) is 0 Å². The fraction of sp³-hybridized carbons (Fsp3) is 0.238. The maximum Gasteiger partial charge on any atom is 0.361 e. The van der Waals surface area contributed by atoms with Gasteiger partial charge in [0, 0.05) is 7.05 Å². The van der Waals surface area contributed by atoms with Gasteiger partial charge in [-0.1, -0.05) is 48.5 Å². The molecule has 0 fully saturated rings. The number of rotatable bonds is 6. The summed E-state index contributed by atoms with van der Waals surface area (Å²) in [5.41, 5.74) is 2.27. The van der Waals surface area contributed by atoms with Gasteiger partial charge in [0.25, 0.3) is 5.91 Å². The van der Waals surface area contributed by atoms with Crippen LogP contribution in [0.2, 0.25) is 0 Å². The van der Waals surface area contributed by atoms with Crippen molar-refractivity contribution in [2.24, 2.45) is 0 Å². The highest BCUT2D eigenvalue weighted by atomic mass is 16.5. The van der Waals surface area contributed by atoms with E-state index in [1.54, 1.807) is 18.9 Å². The lowest BCUT2D eigenvalue weighted by atomic mass is 10.1. The number of para-hydroxylation sites is 1. The highest BCUT2D eigenvalue weighted by molar-refractivity contribution is 5.90. The number of benzene rings is 2. The van der Waals surface area contributed by atoms with Crippen molar-refractivity contribution in [3.8, 4) is 5.69 Å². The first-order chi connectivity index (χ1) is 13.5. The van der Waals surface area contributed by atoms with Crippen LogP contribution in [0.25, 0.3) is 5.69 Å². The molecule has 144 valence electrons. The number of amides is 1. The van der Waals surface area contributed by atoms with Crippen molar-refractivity contribution in [1.29, 1.82) is 0 Å². The summed E-state index contributed by atoms with van der Waals surface area (Å²) in [6.07, 6.45) is 0. The highest BCUT2D eigenvalue weighted by Crippen LogP contribution is 2.18. The van der Waals surface area contributed by atoms with Gasteiger partial charge in [0.1, 0.15) is 0 Å². The maximum absolute atomic E-state index is 12.4. The zero-order valence-electron chi connectivity index (χ0n) is 16.1. The molecule has 0 radical (unpaired) electrons. The molecule has 7 heteroatoms. The summed E-state index contributed by atoms with van der Waals surface area (Å²) in [5.74, 6) is -0.966. The summed E-state index contributed by atoms with van der Waals surface area (Å²) in [7, 11) is 1.69. The van der Waals surface area contributed by atoms with Gasteiger partial charge in [-0.25, -0.2) is 4.79 Å². The van der Waals surface area contributed by atoms with E-state index in [-0.39, 0.29) is 24.2 Å². The average Bonchev–Trinajstić information content (AvgIpc) is 3.13. The van der Waals surface area contributed by atoms with E-state index < -0.39 is 5.97 Å². The number of hydrogen-bond donors (Lipinski definition) is 0. The lowest BCUT2D eigenvalue weighted by molar-refractivity contribution is -0.135. The molecule has 1 amide bonds. The second kappa shape index (κ2) is 8.47. The van der Waals surface area contributed by atoms with Crippen LogP contribution in [0, 0.1) is 6.92 Å². The van der Waals surface area contributed by atoms with Gasteiger partial charge in [-0.15, -0.1) is 5.10 Å². The molecule has 1 heterocycles. The molecule has 0 aliphatic carbocycles. The number of aryl methyl sites for hydroxylation is 1. The Hall–Kier alpha value is -3.48. The van der Waals surface area contributed by atoms with Crippen LogP contribution in [0.15, 0.2) is 60.7 Å². The van der Waals surface area contributed by atoms with Crippen molar-refractivity contribution in [2.75, 3.05) is 13.7 Å². The molecule has 1 aromatic heterocycles. The number of likely N-dealkylation sites (N-methyl/N-ethyl adjacent to an activating group) is 1. The van der Waals surface area contributed by atoms with Crippen LogP contribution in [0.1, 0.15) is 34.7 Å². The smallest absolute Gasteiger partial charge is 0.361 e. The molecule has 0 saturated heterocycles. The van der Waals surface area contributed by atoms with Gasteiger partial charge in [-0.2, -0.15) is 9.90 Å². The molecule has 0 saturated carbocycles. The summed E-state index contributed by atoms with van der Waals surface area (Å²) in [6.45, 7) is 3.24. The summed E-state index contributed by atoms with van der Waals surface area (Å²) in [5, 5.41) is 8.43. The molecule has 1 atom stereocenters. The van der Waals surface area contributed by atoms with Crippen LogP contribution in [-0.2, 0) is 9.53 Å². The Balaban J connectivity index is 1.62. The SMILES string of the molecule is Cc1nn(-c2ccccc2)nc1C(=O)OCC(=O)N(C)C(C)c1ccccc1. The Kier molecular flexibility index (Phi) is 5.84. The van der Waals surface area contributed by atoms with Crippen LogP contribution in [0.5, 0.6) is 0 Å². The second-order valence-electron chi connectivity index (χ2n) is 6.43. The zero-order chi connectivity index (χ0) is 20.1. The van der Waals surface area contributed by atoms with Crippen molar-refractivity contribution < 1.29 is 14.3 Å². The number of ether oxygens (including phenoxy) is 1. The van der Waals surface area contributed by atoms with E-state index in [2.05, 4.69) is 10.2 Å². The molecule has 3 aromatic rings. The first kappa shape index (κ1) is 19.3. The van der Waals surface area contributed by atoms with Crippen molar-refractivity contribution in [3.63, 3.8) is 0 Å². The molecule has 0 spiro atoms. The minimum Gasteiger partial charge on any atom is -0.451 e. The lowest BCUT2D eigenvalue weighted by Gasteiger charge is -2.25. The third-order valence-corrected chi connectivity index (χ3v) is 4.55. The molecule has 3 rings (SSSR count). The Bertz CT molecular complexity index is 954. The van der Waals surface area contributed by atoms with E-state index in [0.29, 0.717) is 5.69 Å². The summed E-state index contributed by atoms with van der Waals surface area (Å²) in [4.78, 5) is 27.7. The van der Waals surface area contributed by atoms with E-state index in [9.17, 15) is 9.59 Å². The summed E-state index contributed by atoms with van der Waals surface area (Å²) >= 11 is 0. The minimum atomic E-state index is -0.672. The molecule has 0 aliphatic rings. The van der Waals surface area contributed by atoms with E-state index in [0.717, 1.165) is 11.3 Å². The van der Waals surface area contributed by atoms with Crippen molar-refractivity contribution in [1.82, 2.24) is 19.9 Å². The Morgan fingerprint density at radius 3 is 2.29 bits per heavy atom. The van der Waals surface area contributed by atoms with Crippen molar-refractivity contribution in [3.05, 3.63) is 77.6 Å². The second-order valence-corrected chi connectivity index (χ2v) is 6.43. The largest absolute Gasteiger partial charge is 0.451 e. The van der Waals surface area contributed by atoms with Gasteiger partial charge in [0.05, 0.1) is 17.4 Å². The van der Waals surface area contributed by atoms with Gasteiger partial charge in [0.15, 0.2) is 12.3 Å². The number of nitrogens with zero attached hydrogens (tertiary/aromatic N) is 4. The average molecular weight is 378 g/mol. The van der Waals surface area contributed by atoms with Crippen molar-refractivity contribution in [2.45, 2.75) is 19.9 Å². The Morgan fingerprint density at radius 2 is 1.64 bits per heavy atom. The van der Waals surface area contributed by atoms with Gasteiger partial charge in [-0.05, 0) is 31.5 Å². The predicted octanol–water partition coefficient (Wildman–Crippen LogP) is 2.95. The topological polar surface area (TPSA) is 77.3 Å². The zero-order valence-corrected chi connectivity index (χ0v) is 16.1. The molecule has 0 bridgehead atoms. The molecule has 7 nitrogen and oxygen atoms in total. The van der Waals surface area contributed by atoms with Crippen LogP contribution < -0.4 is 0 Å². The first-order valence-electron chi connectivity index (χ1n) is 8.94. The minimum absolute atomic E-state index is 0.0930. The molecule has 28 heavy (non-hydrogen) atoms. The van der Waals surface area contributed by atoms with Crippen molar-refractivity contribution >= 4 is 11.9 Å². The fourth-order valence-electron chi connectivity index (χ4n) is 2.71. The summed E-state index contributed by atoms with van der Waals surface area (Å²) < 4.78 is 5.18. The fourth-order valence-corrected chi connectivity index (χ4v) is 2.71.